The van der Waals surface area contributed by atoms with Gasteiger partial charge in [-0.15, -0.1) is 0 Å². The molecule has 1 heterocycles. The minimum absolute atomic E-state index is 0.0637. The largest absolute Gasteiger partial charge is 0.481 e. The lowest BCUT2D eigenvalue weighted by atomic mass is 9.86. The van der Waals surface area contributed by atoms with Crippen molar-refractivity contribution in [3.05, 3.63) is 0 Å². The SMILES string of the molecule is CCC(C)(C)NC(=O)CN1CCC(C(=O)O)(C(F)(F)F)C1. The number of nitrogens with zero attached hydrogens (tertiary/aromatic N) is 1. The third-order valence-electron chi connectivity index (χ3n) is 4.03. The van der Waals surface area contributed by atoms with E-state index in [1.165, 1.54) is 4.90 Å². The number of hydrogen-bond donors (Lipinski definition) is 2. The molecule has 2 N–H and O–H groups in total. The van der Waals surface area contributed by atoms with E-state index < -0.39 is 42.0 Å². The van der Waals surface area contributed by atoms with Crippen molar-refractivity contribution >= 4 is 11.9 Å². The van der Waals surface area contributed by atoms with Gasteiger partial charge in [0.2, 0.25) is 5.91 Å². The third-order valence-corrected chi connectivity index (χ3v) is 4.03. The second kappa shape index (κ2) is 5.82. The Balaban J connectivity index is 2.70. The molecule has 0 aromatic carbocycles. The number of hydrogen-bond acceptors (Lipinski definition) is 3. The summed E-state index contributed by atoms with van der Waals surface area (Å²) in [4.78, 5) is 24.1. The number of rotatable bonds is 5. The highest BCUT2D eigenvalue weighted by Gasteiger charge is 2.63. The number of aliphatic carboxylic acids is 1. The number of nitrogens with one attached hydrogen (secondary N) is 1. The second-order valence-corrected chi connectivity index (χ2v) is 6.13. The topological polar surface area (TPSA) is 69.6 Å². The molecule has 0 saturated carbocycles. The van der Waals surface area contributed by atoms with E-state index in [4.69, 9.17) is 5.11 Å². The Kier molecular flexibility index (Phi) is 4.92. The molecular formula is C13H21F3N2O3. The predicted octanol–water partition coefficient (Wildman–Crippen LogP) is 1.63. The van der Waals surface area contributed by atoms with Crippen LogP contribution in [0, 0.1) is 5.41 Å². The zero-order chi connectivity index (χ0) is 16.5. The molecule has 0 bridgehead atoms. The van der Waals surface area contributed by atoms with E-state index in [2.05, 4.69) is 5.32 Å². The first-order valence-corrected chi connectivity index (χ1v) is 6.77. The van der Waals surface area contributed by atoms with Crippen molar-refractivity contribution in [1.29, 1.82) is 0 Å². The maximum atomic E-state index is 13.0. The van der Waals surface area contributed by atoms with Crippen LogP contribution in [0.15, 0.2) is 0 Å². The first-order valence-electron chi connectivity index (χ1n) is 6.77. The van der Waals surface area contributed by atoms with E-state index in [1.807, 2.05) is 20.8 Å². The normalized spacial score (nSPS) is 24.1. The summed E-state index contributed by atoms with van der Waals surface area (Å²) in [6.07, 6.45) is -4.68. The Morgan fingerprint density at radius 2 is 1.90 bits per heavy atom. The molecule has 0 spiro atoms. The van der Waals surface area contributed by atoms with Crippen molar-refractivity contribution in [3.8, 4) is 0 Å². The average molecular weight is 310 g/mol. The summed E-state index contributed by atoms with van der Waals surface area (Å²) in [6, 6.07) is 0. The van der Waals surface area contributed by atoms with Crippen molar-refractivity contribution < 1.29 is 27.9 Å². The van der Waals surface area contributed by atoms with Gasteiger partial charge >= 0.3 is 12.1 Å². The van der Waals surface area contributed by atoms with Crippen LogP contribution in [0.4, 0.5) is 13.2 Å². The third kappa shape index (κ3) is 3.87. The molecule has 1 rings (SSSR count). The van der Waals surface area contributed by atoms with E-state index in [0.717, 1.165) is 0 Å². The van der Waals surface area contributed by atoms with E-state index in [9.17, 15) is 22.8 Å². The van der Waals surface area contributed by atoms with Crippen molar-refractivity contribution in [3.63, 3.8) is 0 Å². The van der Waals surface area contributed by atoms with Gasteiger partial charge in [-0.3, -0.25) is 14.5 Å². The molecule has 1 aliphatic rings. The summed E-state index contributed by atoms with van der Waals surface area (Å²) in [5, 5.41) is 11.6. The quantitative estimate of drug-likeness (QED) is 0.810. The summed E-state index contributed by atoms with van der Waals surface area (Å²) >= 11 is 0. The van der Waals surface area contributed by atoms with Gasteiger partial charge < -0.3 is 10.4 Å². The Hall–Kier alpha value is -1.31. The van der Waals surface area contributed by atoms with Crippen molar-refractivity contribution in [2.45, 2.75) is 45.3 Å². The second-order valence-electron chi connectivity index (χ2n) is 6.13. The number of carboxylic acids is 1. The zero-order valence-corrected chi connectivity index (χ0v) is 12.4. The lowest BCUT2D eigenvalue weighted by Gasteiger charge is -2.28. The lowest BCUT2D eigenvalue weighted by Crippen LogP contribution is -2.50. The first kappa shape index (κ1) is 17.7. The molecule has 21 heavy (non-hydrogen) atoms. The van der Waals surface area contributed by atoms with Crippen LogP contribution in [-0.4, -0.2) is 53.2 Å². The van der Waals surface area contributed by atoms with Gasteiger partial charge in [-0.25, -0.2) is 0 Å². The maximum absolute atomic E-state index is 13.0. The molecular weight excluding hydrogens is 289 g/mol. The highest BCUT2D eigenvalue weighted by atomic mass is 19.4. The molecule has 0 radical (unpaired) electrons. The number of halogens is 3. The van der Waals surface area contributed by atoms with Crippen LogP contribution in [-0.2, 0) is 9.59 Å². The molecule has 1 fully saturated rings. The number of alkyl halides is 3. The smallest absolute Gasteiger partial charge is 0.406 e. The van der Waals surface area contributed by atoms with Crippen LogP contribution in [0.5, 0.6) is 0 Å². The number of likely N-dealkylation sites (tertiary alicyclic amines) is 1. The highest BCUT2D eigenvalue weighted by Crippen LogP contribution is 2.45. The summed E-state index contributed by atoms with van der Waals surface area (Å²) < 4.78 is 39.0. The fraction of sp³-hybridized carbons (Fsp3) is 0.846. The van der Waals surface area contributed by atoms with Crippen molar-refractivity contribution in [2.75, 3.05) is 19.6 Å². The molecule has 0 aromatic rings. The number of amides is 1. The standard InChI is InChI=1S/C13H21F3N2O3/c1-4-11(2,3)17-9(19)7-18-6-5-12(8-18,10(20)21)13(14,15)16/h4-8H2,1-3H3,(H,17,19)(H,20,21). The molecule has 1 unspecified atom stereocenters. The average Bonchev–Trinajstić information content (AvgIpc) is 2.72. The molecule has 1 aliphatic heterocycles. The van der Waals surface area contributed by atoms with Crippen molar-refractivity contribution in [2.24, 2.45) is 5.41 Å². The minimum Gasteiger partial charge on any atom is -0.481 e. The van der Waals surface area contributed by atoms with E-state index in [0.29, 0.717) is 6.42 Å². The van der Waals surface area contributed by atoms with Crippen LogP contribution >= 0.6 is 0 Å². The molecule has 122 valence electrons. The van der Waals surface area contributed by atoms with Gasteiger partial charge in [-0.2, -0.15) is 13.2 Å². The maximum Gasteiger partial charge on any atom is 0.406 e. The zero-order valence-electron chi connectivity index (χ0n) is 12.4. The Morgan fingerprint density at radius 1 is 1.33 bits per heavy atom. The molecule has 1 atom stereocenters. The van der Waals surface area contributed by atoms with E-state index in [1.54, 1.807) is 0 Å². The van der Waals surface area contributed by atoms with Crippen molar-refractivity contribution in [1.82, 2.24) is 10.2 Å². The molecule has 8 heteroatoms. The summed E-state index contributed by atoms with van der Waals surface area (Å²) in [7, 11) is 0. The van der Waals surface area contributed by atoms with Gasteiger partial charge in [-0.05, 0) is 26.7 Å². The van der Waals surface area contributed by atoms with Gasteiger partial charge in [0.15, 0.2) is 5.41 Å². The van der Waals surface area contributed by atoms with E-state index in [-0.39, 0.29) is 13.1 Å². The highest BCUT2D eigenvalue weighted by molar-refractivity contribution is 5.80. The van der Waals surface area contributed by atoms with Crippen LogP contribution in [0.25, 0.3) is 0 Å². The van der Waals surface area contributed by atoms with Gasteiger partial charge in [0, 0.05) is 18.6 Å². The first-order chi connectivity index (χ1) is 9.43. The fourth-order valence-corrected chi connectivity index (χ4v) is 2.26. The molecule has 0 aromatic heterocycles. The van der Waals surface area contributed by atoms with Crippen LogP contribution < -0.4 is 5.32 Å². The summed E-state index contributed by atoms with van der Waals surface area (Å²) in [5.74, 6) is -2.28. The number of carbonyl (C=O) groups is 2. The number of carboxylic acid groups (broad SMARTS) is 1. The van der Waals surface area contributed by atoms with E-state index >= 15 is 0 Å². The molecule has 5 nitrogen and oxygen atoms in total. The summed E-state index contributed by atoms with van der Waals surface area (Å²) in [6.45, 7) is 4.53. The Morgan fingerprint density at radius 3 is 2.29 bits per heavy atom. The Labute approximate surface area is 121 Å². The minimum atomic E-state index is -4.83. The Bertz CT molecular complexity index is 423. The summed E-state index contributed by atoms with van der Waals surface area (Å²) in [5.41, 5.74) is -3.21. The predicted molar refractivity (Wildman–Crippen MR) is 69.7 cm³/mol. The van der Waals surface area contributed by atoms with Gasteiger partial charge in [-0.1, -0.05) is 6.92 Å². The molecule has 1 saturated heterocycles. The number of carbonyl (C=O) groups excluding carboxylic acids is 1. The van der Waals surface area contributed by atoms with Crippen LogP contribution in [0.1, 0.15) is 33.6 Å². The molecule has 0 aliphatic carbocycles. The monoisotopic (exact) mass is 310 g/mol. The lowest BCUT2D eigenvalue weighted by molar-refractivity contribution is -0.227. The fourth-order valence-electron chi connectivity index (χ4n) is 2.26. The van der Waals surface area contributed by atoms with Gasteiger partial charge in [0.25, 0.3) is 0 Å². The van der Waals surface area contributed by atoms with Crippen LogP contribution in [0.3, 0.4) is 0 Å². The van der Waals surface area contributed by atoms with Gasteiger partial charge in [0.05, 0.1) is 6.54 Å². The van der Waals surface area contributed by atoms with Gasteiger partial charge in [0.1, 0.15) is 0 Å². The van der Waals surface area contributed by atoms with Crippen LogP contribution in [0.2, 0.25) is 0 Å². The molecule has 1 amide bonds.